The van der Waals surface area contributed by atoms with Gasteiger partial charge in [0.25, 0.3) is 0 Å². The molecule has 2 aromatic carbocycles. The fraction of sp³-hybridized carbons (Fsp3) is 0.467. The standard InChI is InChI=1S/C30H36N8O2/c1-2-20-7-3-8-21-9-4-10-24(26(20)21)37-16-11-22-23(18-37)33-29(34-27(22)32-17-25-35-36-28(31)40-25)39-19-30-12-5-14-38(30)15-6-13-30/h3-4,7-10H,2,5-6,11-19H2,1H3,(H2,31,36)(H,32,33,34). The average molecular weight is 541 g/mol. The molecule has 3 aliphatic heterocycles. The fourth-order valence-electron chi connectivity index (χ4n) is 6.94. The summed E-state index contributed by atoms with van der Waals surface area (Å²) in [7, 11) is 0. The van der Waals surface area contributed by atoms with Crippen molar-refractivity contribution in [2.45, 2.75) is 64.1 Å². The van der Waals surface area contributed by atoms with Crippen molar-refractivity contribution in [1.29, 1.82) is 0 Å². The lowest BCUT2D eigenvalue weighted by Gasteiger charge is -2.33. The third-order valence-electron chi connectivity index (χ3n) is 8.91. The maximum absolute atomic E-state index is 6.41. The summed E-state index contributed by atoms with van der Waals surface area (Å²) in [6.07, 6.45) is 6.62. The van der Waals surface area contributed by atoms with Crippen LogP contribution in [-0.2, 0) is 25.9 Å². The van der Waals surface area contributed by atoms with Gasteiger partial charge in [-0.2, -0.15) is 9.97 Å². The van der Waals surface area contributed by atoms with Crippen LogP contribution in [0.4, 0.5) is 17.5 Å². The van der Waals surface area contributed by atoms with E-state index in [0.29, 0.717) is 31.6 Å². The number of ether oxygens (including phenoxy) is 1. The normalized spacial score (nSPS) is 18.2. The zero-order chi connectivity index (χ0) is 27.1. The molecule has 0 atom stereocenters. The van der Waals surface area contributed by atoms with Crippen molar-refractivity contribution in [2.24, 2.45) is 0 Å². The Morgan fingerprint density at radius 1 is 1.05 bits per heavy atom. The topological polar surface area (TPSA) is 118 Å². The van der Waals surface area contributed by atoms with Gasteiger partial charge in [0.2, 0.25) is 5.89 Å². The molecule has 0 spiro atoms. The molecule has 10 heteroatoms. The highest BCUT2D eigenvalue weighted by atomic mass is 16.5. The van der Waals surface area contributed by atoms with Gasteiger partial charge >= 0.3 is 12.0 Å². The molecule has 2 aromatic heterocycles. The fourth-order valence-corrected chi connectivity index (χ4v) is 6.94. The molecule has 0 bridgehead atoms. The van der Waals surface area contributed by atoms with Crippen molar-refractivity contribution in [3.63, 3.8) is 0 Å². The predicted octanol–water partition coefficient (Wildman–Crippen LogP) is 4.34. The summed E-state index contributed by atoms with van der Waals surface area (Å²) >= 11 is 0. The number of aryl methyl sites for hydroxylation is 1. The van der Waals surface area contributed by atoms with E-state index in [2.05, 4.69) is 68.6 Å². The number of nitrogen functional groups attached to an aromatic ring is 1. The van der Waals surface area contributed by atoms with Crippen LogP contribution in [0.3, 0.4) is 0 Å². The van der Waals surface area contributed by atoms with Gasteiger partial charge in [-0.1, -0.05) is 42.4 Å². The number of rotatable bonds is 8. The number of aromatic nitrogens is 4. The van der Waals surface area contributed by atoms with Gasteiger partial charge in [0.05, 0.1) is 24.3 Å². The van der Waals surface area contributed by atoms with Crippen LogP contribution in [0.5, 0.6) is 6.01 Å². The number of nitrogens with zero attached hydrogens (tertiary/aromatic N) is 6. The highest BCUT2D eigenvalue weighted by molar-refractivity contribution is 5.97. The molecule has 10 nitrogen and oxygen atoms in total. The zero-order valence-electron chi connectivity index (χ0n) is 23.0. The summed E-state index contributed by atoms with van der Waals surface area (Å²) in [6, 6.07) is 13.6. The minimum atomic E-state index is 0.0552. The van der Waals surface area contributed by atoms with Gasteiger partial charge in [-0.25, -0.2) is 0 Å². The van der Waals surface area contributed by atoms with Gasteiger partial charge in [-0.3, -0.25) is 4.90 Å². The average Bonchev–Trinajstić information content (AvgIpc) is 3.69. The van der Waals surface area contributed by atoms with Crippen LogP contribution >= 0.6 is 0 Å². The van der Waals surface area contributed by atoms with Crippen molar-refractivity contribution < 1.29 is 9.15 Å². The van der Waals surface area contributed by atoms with Crippen molar-refractivity contribution in [2.75, 3.05) is 42.2 Å². The number of anilines is 3. The zero-order valence-corrected chi connectivity index (χ0v) is 23.0. The predicted molar refractivity (Wildman–Crippen MR) is 154 cm³/mol. The molecular weight excluding hydrogens is 504 g/mol. The third-order valence-corrected chi connectivity index (χ3v) is 8.91. The summed E-state index contributed by atoms with van der Waals surface area (Å²) in [5.41, 5.74) is 10.5. The number of hydrogen-bond acceptors (Lipinski definition) is 10. The Morgan fingerprint density at radius 2 is 1.88 bits per heavy atom. The van der Waals surface area contributed by atoms with Crippen LogP contribution < -0.4 is 20.7 Å². The second-order valence-corrected chi connectivity index (χ2v) is 11.2. The summed E-state index contributed by atoms with van der Waals surface area (Å²) in [5, 5.41) is 13.8. The Bertz CT molecular complexity index is 1520. The van der Waals surface area contributed by atoms with Crippen molar-refractivity contribution in [3.05, 3.63) is 59.1 Å². The SMILES string of the molecule is CCc1cccc2cccc(N3CCc4c(nc(OCC56CCCN5CCC6)nc4NCc4nnc(N)o4)C3)c12. The summed E-state index contributed by atoms with van der Waals surface area (Å²) in [5.74, 6) is 1.18. The first-order chi connectivity index (χ1) is 19.6. The summed E-state index contributed by atoms with van der Waals surface area (Å²) in [6.45, 7) is 7.05. The van der Waals surface area contributed by atoms with E-state index < -0.39 is 0 Å². The molecular formula is C30H36N8O2. The molecule has 3 aliphatic rings. The Hall–Kier alpha value is -3.92. The Labute approximate surface area is 233 Å². The number of nitrogens with two attached hydrogens (primary N) is 1. The summed E-state index contributed by atoms with van der Waals surface area (Å²) in [4.78, 5) is 14.9. The number of nitrogens with one attached hydrogen (secondary N) is 1. The minimum Gasteiger partial charge on any atom is -0.461 e. The Morgan fingerprint density at radius 3 is 2.65 bits per heavy atom. The smallest absolute Gasteiger partial charge is 0.318 e. The molecule has 0 amide bonds. The van der Waals surface area contributed by atoms with Crippen LogP contribution in [0.25, 0.3) is 10.8 Å². The minimum absolute atomic E-state index is 0.0552. The van der Waals surface area contributed by atoms with Gasteiger partial charge < -0.3 is 25.1 Å². The molecule has 5 heterocycles. The molecule has 7 rings (SSSR count). The lowest BCUT2D eigenvalue weighted by atomic mass is 9.95. The molecule has 4 aromatic rings. The lowest BCUT2D eigenvalue weighted by molar-refractivity contribution is 0.107. The van der Waals surface area contributed by atoms with E-state index in [-0.39, 0.29) is 11.6 Å². The first kappa shape index (κ1) is 25.1. The van der Waals surface area contributed by atoms with Crippen LogP contribution in [0.1, 0.15) is 55.3 Å². The van der Waals surface area contributed by atoms with E-state index in [1.807, 2.05) is 0 Å². The van der Waals surface area contributed by atoms with E-state index in [0.717, 1.165) is 49.6 Å². The molecule has 0 radical (unpaired) electrons. The molecule has 40 heavy (non-hydrogen) atoms. The van der Waals surface area contributed by atoms with Gasteiger partial charge in [-0.05, 0) is 68.6 Å². The Balaban J connectivity index is 1.20. The van der Waals surface area contributed by atoms with Gasteiger partial charge in [0, 0.05) is 23.2 Å². The quantitative estimate of drug-likeness (QED) is 0.334. The van der Waals surface area contributed by atoms with Crippen LogP contribution in [0, 0.1) is 0 Å². The van der Waals surface area contributed by atoms with Gasteiger partial charge in [-0.15, -0.1) is 5.10 Å². The van der Waals surface area contributed by atoms with Crippen LogP contribution in [0.15, 0.2) is 40.8 Å². The van der Waals surface area contributed by atoms with Gasteiger partial charge in [0.1, 0.15) is 12.4 Å². The highest BCUT2D eigenvalue weighted by Gasteiger charge is 2.45. The van der Waals surface area contributed by atoms with Gasteiger partial charge in [0.15, 0.2) is 0 Å². The number of benzene rings is 2. The second kappa shape index (κ2) is 10.2. The van der Waals surface area contributed by atoms with Crippen LogP contribution in [-0.4, -0.2) is 56.8 Å². The highest BCUT2D eigenvalue weighted by Crippen LogP contribution is 2.39. The van der Waals surface area contributed by atoms with Crippen molar-refractivity contribution in [3.8, 4) is 6.01 Å². The van der Waals surface area contributed by atoms with E-state index >= 15 is 0 Å². The third kappa shape index (κ3) is 4.50. The molecule has 2 fully saturated rings. The monoisotopic (exact) mass is 540 g/mol. The number of fused-ring (bicyclic) bond motifs is 3. The molecule has 208 valence electrons. The lowest BCUT2D eigenvalue weighted by Crippen LogP contribution is -2.43. The number of hydrogen-bond donors (Lipinski definition) is 2. The summed E-state index contributed by atoms with van der Waals surface area (Å²) < 4.78 is 11.8. The largest absolute Gasteiger partial charge is 0.461 e. The van der Waals surface area contributed by atoms with E-state index in [1.165, 1.54) is 47.7 Å². The van der Waals surface area contributed by atoms with Crippen molar-refractivity contribution >= 4 is 28.3 Å². The first-order valence-corrected chi connectivity index (χ1v) is 14.5. The molecule has 0 unspecified atom stereocenters. The first-order valence-electron chi connectivity index (χ1n) is 14.5. The molecule has 3 N–H and O–H groups in total. The van der Waals surface area contributed by atoms with E-state index in [1.54, 1.807) is 0 Å². The molecule has 0 saturated carbocycles. The van der Waals surface area contributed by atoms with E-state index in [9.17, 15) is 0 Å². The molecule has 2 saturated heterocycles. The maximum atomic E-state index is 6.41. The molecule has 0 aliphatic carbocycles. The van der Waals surface area contributed by atoms with E-state index in [4.69, 9.17) is 24.9 Å². The second-order valence-electron chi connectivity index (χ2n) is 11.2. The van der Waals surface area contributed by atoms with Crippen LogP contribution in [0.2, 0.25) is 0 Å². The maximum Gasteiger partial charge on any atom is 0.318 e. The van der Waals surface area contributed by atoms with Crippen molar-refractivity contribution in [1.82, 2.24) is 25.1 Å². The Kier molecular flexibility index (Phi) is 6.42.